The Bertz CT molecular complexity index is 319. The summed E-state index contributed by atoms with van der Waals surface area (Å²) in [5.74, 6) is 4.79. The van der Waals surface area contributed by atoms with Crippen LogP contribution in [0.3, 0.4) is 0 Å². The molecule has 0 unspecified atom stereocenters. The van der Waals surface area contributed by atoms with E-state index in [4.69, 9.17) is 5.90 Å². The summed E-state index contributed by atoms with van der Waals surface area (Å²) in [5.41, 5.74) is 0.0861. The standard InChI is InChI=1S/C5H8N4O3/c1-3-4(9(10)11)5(12-6)8(2)7-3/h6H2,1-2H3. The third-order valence-electron chi connectivity index (χ3n) is 1.43. The molecule has 0 fully saturated rings. The summed E-state index contributed by atoms with van der Waals surface area (Å²) in [6.45, 7) is 1.51. The first kappa shape index (κ1) is 8.47. The summed E-state index contributed by atoms with van der Waals surface area (Å²) in [6.07, 6.45) is 0. The number of nitrogens with zero attached hydrogens (tertiary/aromatic N) is 3. The van der Waals surface area contributed by atoms with Gasteiger partial charge in [-0.1, -0.05) is 0 Å². The van der Waals surface area contributed by atoms with Crippen molar-refractivity contribution in [1.29, 1.82) is 0 Å². The lowest BCUT2D eigenvalue weighted by Gasteiger charge is -1.95. The SMILES string of the molecule is Cc1nn(C)c(ON)c1[N+](=O)[O-]. The Morgan fingerprint density at radius 1 is 1.75 bits per heavy atom. The molecule has 0 bridgehead atoms. The summed E-state index contributed by atoms with van der Waals surface area (Å²) in [4.78, 5) is 14.2. The molecule has 0 radical (unpaired) electrons. The van der Waals surface area contributed by atoms with Gasteiger partial charge in [-0.15, -0.1) is 0 Å². The summed E-state index contributed by atoms with van der Waals surface area (Å²) in [5, 5.41) is 14.2. The van der Waals surface area contributed by atoms with Gasteiger partial charge in [0.25, 0.3) is 0 Å². The molecule has 0 aromatic carbocycles. The number of aryl methyl sites for hydroxylation is 2. The number of aromatic nitrogens is 2. The van der Waals surface area contributed by atoms with Gasteiger partial charge in [-0.3, -0.25) is 10.1 Å². The second-order valence-electron chi connectivity index (χ2n) is 2.24. The van der Waals surface area contributed by atoms with Gasteiger partial charge in [0, 0.05) is 7.05 Å². The maximum Gasteiger partial charge on any atom is 0.355 e. The molecular weight excluding hydrogens is 164 g/mol. The van der Waals surface area contributed by atoms with Crippen LogP contribution in [0.15, 0.2) is 0 Å². The van der Waals surface area contributed by atoms with E-state index in [1.165, 1.54) is 18.7 Å². The fourth-order valence-corrected chi connectivity index (χ4v) is 0.968. The highest BCUT2D eigenvalue weighted by molar-refractivity contribution is 5.45. The van der Waals surface area contributed by atoms with Crippen molar-refractivity contribution in [3.05, 3.63) is 15.8 Å². The van der Waals surface area contributed by atoms with Crippen LogP contribution in [-0.4, -0.2) is 14.7 Å². The van der Waals surface area contributed by atoms with Crippen molar-refractivity contribution in [3.63, 3.8) is 0 Å². The summed E-state index contributed by atoms with van der Waals surface area (Å²) in [7, 11) is 1.52. The van der Waals surface area contributed by atoms with Crippen molar-refractivity contribution >= 4 is 5.69 Å². The molecule has 1 aromatic heterocycles. The fraction of sp³-hybridized carbons (Fsp3) is 0.400. The van der Waals surface area contributed by atoms with Crippen molar-refractivity contribution in [2.24, 2.45) is 12.9 Å². The predicted molar refractivity (Wildman–Crippen MR) is 39.4 cm³/mol. The molecule has 12 heavy (non-hydrogen) atoms. The molecule has 0 saturated carbocycles. The molecule has 0 aliphatic carbocycles. The van der Waals surface area contributed by atoms with Crippen LogP contribution in [0.25, 0.3) is 0 Å². The lowest BCUT2D eigenvalue weighted by atomic mass is 10.4. The minimum absolute atomic E-state index is 0.0440. The fourth-order valence-electron chi connectivity index (χ4n) is 0.968. The third kappa shape index (κ3) is 1.10. The number of hydrogen-bond donors (Lipinski definition) is 1. The van der Waals surface area contributed by atoms with Gasteiger partial charge in [0.05, 0.1) is 4.92 Å². The maximum absolute atomic E-state index is 10.4. The van der Waals surface area contributed by atoms with Crippen molar-refractivity contribution < 1.29 is 9.76 Å². The summed E-state index contributed by atoms with van der Waals surface area (Å²) in [6, 6.07) is 0. The van der Waals surface area contributed by atoms with Gasteiger partial charge < -0.3 is 4.84 Å². The van der Waals surface area contributed by atoms with Crippen LogP contribution in [0.2, 0.25) is 0 Å². The molecule has 0 amide bonds. The van der Waals surface area contributed by atoms with Gasteiger partial charge >= 0.3 is 11.6 Å². The molecule has 2 N–H and O–H groups in total. The number of hydrogen-bond acceptors (Lipinski definition) is 5. The predicted octanol–water partition coefficient (Wildman–Crippen LogP) is -0.111. The second-order valence-corrected chi connectivity index (χ2v) is 2.24. The van der Waals surface area contributed by atoms with Gasteiger partial charge in [0.2, 0.25) is 0 Å². The van der Waals surface area contributed by atoms with Crippen molar-refractivity contribution in [1.82, 2.24) is 9.78 Å². The normalized spacial score (nSPS) is 9.92. The zero-order valence-corrected chi connectivity index (χ0v) is 6.64. The summed E-state index contributed by atoms with van der Waals surface area (Å²) >= 11 is 0. The molecule has 0 spiro atoms. The molecular formula is C5H8N4O3. The van der Waals surface area contributed by atoms with Crippen molar-refractivity contribution in [2.75, 3.05) is 0 Å². The highest BCUT2D eigenvalue weighted by atomic mass is 16.6. The average molecular weight is 172 g/mol. The minimum Gasteiger partial charge on any atom is -0.384 e. The van der Waals surface area contributed by atoms with E-state index in [-0.39, 0.29) is 17.3 Å². The van der Waals surface area contributed by atoms with E-state index in [0.717, 1.165) is 0 Å². The molecule has 0 saturated heterocycles. The summed E-state index contributed by atoms with van der Waals surface area (Å²) < 4.78 is 1.22. The lowest BCUT2D eigenvalue weighted by molar-refractivity contribution is -0.386. The molecule has 7 heteroatoms. The van der Waals surface area contributed by atoms with Crippen molar-refractivity contribution in [3.8, 4) is 5.88 Å². The highest BCUT2D eigenvalue weighted by Gasteiger charge is 2.25. The van der Waals surface area contributed by atoms with E-state index in [1.54, 1.807) is 0 Å². The molecule has 1 aromatic rings. The number of nitrogens with two attached hydrogens (primary N) is 1. The van der Waals surface area contributed by atoms with E-state index < -0.39 is 4.92 Å². The van der Waals surface area contributed by atoms with E-state index >= 15 is 0 Å². The van der Waals surface area contributed by atoms with Crippen molar-refractivity contribution in [2.45, 2.75) is 6.92 Å². The highest BCUT2D eigenvalue weighted by Crippen LogP contribution is 2.28. The minimum atomic E-state index is -0.579. The van der Waals surface area contributed by atoms with Gasteiger partial charge in [-0.25, -0.2) is 4.68 Å². The zero-order valence-electron chi connectivity index (χ0n) is 6.64. The zero-order chi connectivity index (χ0) is 9.30. The van der Waals surface area contributed by atoms with E-state index in [2.05, 4.69) is 9.94 Å². The number of nitro groups is 1. The molecule has 66 valence electrons. The Hall–Kier alpha value is -1.63. The van der Waals surface area contributed by atoms with Crippen LogP contribution >= 0.6 is 0 Å². The van der Waals surface area contributed by atoms with Crippen LogP contribution in [0, 0.1) is 17.0 Å². The average Bonchev–Trinajstić information content (AvgIpc) is 2.24. The van der Waals surface area contributed by atoms with Gasteiger partial charge in [0.1, 0.15) is 5.69 Å². The van der Waals surface area contributed by atoms with Crippen LogP contribution in [0.5, 0.6) is 5.88 Å². The first-order chi connectivity index (χ1) is 5.57. The van der Waals surface area contributed by atoms with E-state index in [1.807, 2.05) is 0 Å². The molecule has 0 atom stereocenters. The van der Waals surface area contributed by atoms with Crippen LogP contribution in [0.4, 0.5) is 5.69 Å². The first-order valence-corrected chi connectivity index (χ1v) is 3.12. The smallest absolute Gasteiger partial charge is 0.355 e. The lowest BCUT2D eigenvalue weighted by Crippen LogP contribution is -2.08. The van der Waals surface area contributed by atoms with Gasteiger partial charge in [0.15, 0.2) is 0 Å². The molecule has 1 rings (SSSR count). The molecule has 1 heterocycles. The monoisotopic (exact) mass is 172 g/mol. The third-order valence-corrected chi connectivity index (χ3v) is 1.43. The van der Waals surface area contributed by atoms with E-state index in [0.29, 0.717) is 0 Å². The van der Waals surface area contributed by atoms with Gasteiger partial charge in [-0.2, -0.15) is 11.0 Å². The Labute approximate surface area is 67.8 Å². The quantitative estimate of drug-likeness (QED) is 0.495. The second kappa shape index (κ2) is 2.78. The van der Waals surface area contributed by atoms with E-state index in [9.17, 15) is 10.1 Å². The maximum atomic E-state index is 10.4. The topological polar surface area (TPSA) is 96.2 Å². The van der Waals surface area contributed by atoms with Crippen LogP contribution in [-0.2, 0) is 7.05 Å². The molecule has 0 aliphatic heterocycles. The Kier molecular flexibility index (Phi) is 1.96. The Morgan fingerprint density at radius 3 is 2.67 bits per heavy atom. The molecule has 7 nitrogen and oxygen atoms in total. The first-order valence-electron chi connectivity index (χ1n) is 3.12. The van der Waals surface area contributed by atoms with Gasteiger partial charge in [-0.05, 0) is 6.92 Å². The Balaban J connectivity index is 3.32. The molecule has 0 aliphatic rings. The van der Waals surface area contributed by atoms with Crippen LogP contribution < -0.4 is 10.7 Å². The number of rotatable bonds is 2. The Morgan fingerprint density at radius 2 is 2.33 bits per heavy atom. The largest absolute Gasteiger partial charge is 0.384 e. The van der Waals surface area contributed by atoms with Crippen LogP contribution in [0.1, 0.15) is 5.69 Å².